The first-order chi connectivity index (χ1) is 4.69. The lowest BCUT2D eigenvalue weighted by atomic mass is 10.8. The van der Waals surface area contributed by atoms with Crippen molar-refractivity contribution in [1.29, 1.82) is 0 Å². The van der Waals surface area contributed by atoms with Crippen LogP contribution in [0.2, 0.25) is 0 Å². The highest BCUT2D eigenvalue weighted by atomic mass is 32.3. The lowest BCUT2D eigenvalue weighted by molar-refractivity contribution is 0.477. The molecule has 0 amide bonds. The van der Waals surface area contributed by atoms with Crippen molar-refractivity contribution < 1.29 is 21.4 Å². The summed E-state index contributed by atoms with van der Waals surface area (Å²) in [5.41, 5.74) is 4.75. The summed E-state index contributed by atoms with van der Waals surface area (Å²) in [7, 11) is -9.05. The number of hydrogen-bond acceptors (Lipinski definition) is 5. The molecule has 0 aliphatic heterocycles. The zero-order valence-electron chi connectivity index (χ0n) is 5.34. The van der Waals surface area contributed by atoms with Crippen LogP contribution in [0.25, 0.3) is 0 Å². The summed E-state index contributed by atoms with van der Waals surface area (Å²) < 4.78 is 47.3. The maximum absolute atomic E-state index is 10.4. The van der Waals surface area contributed by atoms with Gasteiger partial charge in [-0.3, -0.25) is 4.55 Å². The van der Waals surface area contributed by atoms with Crippen LogP contribution in [0, 0.1) is 0 Å². The zero-order chi connectivity index (χ0) is 9.28. The Morgan fingerprint density at radius 2 is 1.64 bits per heavy atom. The summed E-state index contributed by atoms with van der Waals surface area (Å²) >= 11 is 0. The minimum Gasteiger partial charge on any atom is -0.328 e. The Morgan fingerprint density at radius 3 is 1.64 bits per heavy atom. The second-order valence-electron chi connectivity index (χ2n) is 1.77. The van der Waals surface area contributed by atoms with Crippen molar-refractivity contribution in [2.75, 3.05) is 6.54 Å². The van der Waals surface area contributed by atoms with Gasteiger partial charge in [-0.1, -0.05) is 0 Å². The van der Waals surface area contributed by atoms with Crippen molar-refractivity contribution in [3.8, 4) is 0 Å². The van der Waals surface area contributed by atoms with E-state index < -0.39 is 31.3 Å². The minimum atomic E-state index is -4.71. The molecule has 1 atom stereocenters. The van der Waals surface area contributed by atoms with Gasteiger partial charge in [-0.05, 0) is 0 Å². The predicted molar refractivity (Wildman–Crippen MR) is 37.5 cm³/mol. The molecule has 0 aromatic carbocycles. The van der Waals surface area contributed by atoms with E-state index in [4.69, 9.17) is 10.3 Å². The molecule has 0 saturated heterocycles. The number of hydrogen-bond donors (Lipinski definition) is 3. The van der Waals surface area contributed by atoms with Gasteiger partial charge in [0.15, 0.2) is 0 Å². The molecule has 0 aliphatic rings. The summed E-state index contributed by atoms with van der Waals surface area (Å²) in [6.45, 7) is -0.766. The number of rotatable bonds is 3. The molecule has 0 aliphatic carbocycles. The molecule has 0 aromatic rings. The first-order valence-electron chi connectivity index (χ1n) is 2.37. The highest BCUT2D eigenvalue weighted by molar-refractivity contribution is 8.05. The quantitative estimate of drug-likeness (QED) is 0.432. The van der Waals surface area contributed by atoms with Crippen LogP contribution in [0.4, 0.5) is 0 Å². The molecule has 0 fully saturated rings. The molecular formula is C2H8N2O5S2. The van der Waals surface area contributed by atoms with Crippen LogP contribution in [0.5, 0.6) is 0 Å². The van der Waals surface area contributed by atoms with Crippen LogP contribution in [-0.4, -0.2) is 32.5 Å². The van der Waals surface area contributed by atoms with Gasteiger partial charge in [-0.15, -0.1) is 0 Å². The van der Waals surface area contributed by atoms with Crippen LogP contribution in [0.15, 0.2) is 0 Å². The molecule has 0 heterocycles. The topological polar surface area (TPSA) is 141 Å². The molecule has 1 unspecified atom stereocenters. The van der Waals surface area contributed by atoms with Gasteiger partial charge in [0, 0.05) is 6.54 Å². The van der Waals surface area contributed by atoms with E-state index in [1.807, 2.05) is 0 Å². The Hall–Kier alpha value is -0.220. The molecule has 0 spiro atoms. The summed E-state index contributed by atoms with van der Waals surface area (Å²) in [5.74, 6) is 0. The van der Waals surface area contributed by atoms with E-state index in [0.717, 1.165) is 0 Å². The average Bonchev–Trinajstić information content (AvgIpc) is 1.56. The first-order valence-corrected chi connectivity index (χ1v) is 5.49. The third-order valence-corrected chi connectivity index (χ3v) is 4.21. The van der Waals surface area contributed by atoms with Gasteiger partial charge in [0.1, 0.15) is 0 Å². The molecule has 7 nitrogen and oxygen atoms in total. The fraction of sp³-hybridized carbons (Fsp3) is 1.00. The molecule has 0 rings (SSSR count). The summed E-state index contributed by atoms with van der Waals surface area (Å²) in [6, 6.07) is 0. The molecule has 68 valence electrons. The number of primary sulfonamides is 1. The summed E-state index contributed by atoms with van der Waals surface area (Å²) in [4.78, 5) is 0. The highest BCUT2D eigenvalue weighted by Crippen LogP contribution is 2.01. The highest BCUT2D eigenvalue weighted by Gasteiger charge is 2.32. The SMILES string of the molecule is NCC(S(N)(=O)=O)S(=O)(=O)O. The predicted octanol–water partition coefficient (Wildman–Crippen LogP) is -2.55. The van der Waals surface area contributed by atoms with Crippen LogP contribution >= 0.6 is 0 Å². The Kier molecular flexibility index (Phi) is 2.97. The Labute approximate surface area is 64.2 Å². The second-order valence-corrected chi connectivity index (χ2v) is 5.41. The van der Waals surface area contributed by atoms with Gasteiger partial charge in [0.25, 0.3) is 10.1 Å². The summed E-state index contributed by atoms with van der Waals surface area (Å²) in [6.07, 6.45) is 0. The van der Waals surface area contributed by atoms with Crippen molar-refractivity contribution in [2.45, 2.75) is 4.58 Å². The summed E-state index contributed by atoms with van der Waals surface area (Å²) in [5, 5.41) is 4.43. The molecular weight excluding hydrogens is 196 g/mol. The minimum absolute atomic E-state index is 0.766. The van der Waals surface area contributed by atoms with Gasteiger partial charge in [0.2, 0.25) is 14.6 Å². The Balaban J connectivity index is 5.05. The molecule has 9 heteroatoms. The normalized spacial score (nSPS) is 16.3. The molecule has 0 aromatic heterocycles. The average molecular weight is 204 g/mol. The van der Waals surface area contributed by atoms with Gasteiger partial charge in [0.05, 0.1) is 0 Å². The monoisotopic (exact) mass is 204 g/mol. The maximum atomic E-state index is 10.4. The smallest absolute Gasteiger partial charge is 0.285 e. The van der Waals surface area contributed by atoms with Gasteiger partial charge in [-0.2, -0.15) is 8.42 Å². The maximum Gasteiger partial charge on any atom is 0.285 e. The fourth-order valence-corrected chi connectivity index (χ4v) is 2.29. The number of nitrogens with two attached hydrogens (primary N) is 2. The lowest BCUT2D eigenvalue weighted by Crippen LogP contribution is -2.40. The van der Waals surface area contributed by atoms with Crippen LogP contribution in [-0.2, 0) is 20.1 Å². The number of sulfonamides is 1. The molecule has 5 N–H and O–H groups in total. The largest absolute Gasteiger partial charge is 0.328 e. The molecule has 0 radical (unpaired) electrons. The third kappa shape index (κ3) is 3.12. The van der Waals surface area contributed by atoms with E-state index in [9.17, 15) is 16.8 Å². The van der Waals surface area contributed by atoms with Crippen molar-refractivity contribution in [3.05, 3.63) is 0 Å². The van der Waals surface area contributed by atoms with E-state index in [0.29, 0.717) is 0 Å². The third-order valence-electron chi connectivity index (χ3n) is 0.891. The van der Waals surface area contributed by atoms with Gasteiger partial charge < -0.3 is 5.73 Å². The van der Waals surface area contributed by atoms with E-state index in [1.54, 1.807) is 0 Å². The van der Waals surface area contributed by atoms with Crippen LogP contribution in [0.1, 0.15) is 0 Å². The van der Waals surface area contributed by atoms with Crippen molar-refractivity contribution in [2.24, 2.45) is 10.9 Å². The molecule has 0 bridgehead atoms. The van der Waals surface area contributed by atoms with Crippen LogP contribution in [0.3, 0.4) is 0 Å². The van der Waals surface area contributed by atoms with E-state index in [2.05, 4.69) is 5.14 Å². The lowest BCUT2D eigenvalue weighted by Gasteiger charge is -2.06. The molecule has 0 saturated carbocycles. The fourth-order valence-electron chi connectivity index (χ4n) is 0.425. The van der Waals surface area contributed by atoms with E-state index in [-0.39, 0.29) is 0 Å². The van der Waals surface area contributed by atoms with Gasteiger partial charge >= 0.3 is 0 Å². The standard InChI is InChI=1S/C2H8N2O5S2/c3-1-2(10(4,5)6)11(7,8)9/h2H,1,3H2,(H2,4,5,6)(H,7,8,9). The van der Waals surface area contributed by atoms with Crippen molar-refractivity contribution >= 4 is 20.1 Å². The van der Waals surface area contributed by atoms with Crippen molar-refractivity contribution in [1.82, 2.24) is 0 Å². The van der Waals surface area contributed by atoms with Gasteiger partial charge in [-0.25, -0.2) is 13.6 Å². The first kappa shape index (κ1) is 10.8. The Morgan fingerprint density at radius 1 is 1.27 bits per heavy atom. The zero-order valence-corrected chi connectivity index (χ0v) is 6.97. The molecule has 11 heavy (non-hydrogen) atoms. The van der Waals surface area contributed by atoms with E-state index >= 15 is 0 Å². The Bertz CT molecular complexity index is 282. The van der Waals surface area contributed by atoms with E-state index in [1.165, 1.54) is 0 Å². The second kappa shape index (κ2) is 3.03. The van der Waals surface area contributed by atoms with Crippen LogP contribution < -0.4 is 10.9 Å². The van der Waals surface area contributed by atoms with Crippen molar-refractivity contribution in [3.63, 3.8) is 0 Å².